The van der Waals surface area contributed by atoms with Crippen molar-refractivity contribution in [1.82, 2.24) is 14.8 Å². The Morgan fingerprint density at radius 3 is 2.63 bits per heavy atom. The number of rotatable bonds is 5. The first-order valence-electron chi connectivity index (χ1n) is 10.4. The van der Waals surface area contributed by atoms with Crippen molar-refractivity contribution in [2.75, 3.05) is 50.8 Å². The van der Waals surface area contributed by atoms with Crippen LogP contribution in [0.25, 0.3) is 10.9 Å². The molecule has 1 N–H and O–H groups in total. The zero-order valence-electron chi connectivity index (χ0n) is 16.7. The van der Waals surface area contributed by atoms with Gasteiger partial charge in [-0.2, -0.15) is 0 Å². The summed E-state index contributed by atoms with van der Waals surface area (Å²) >= 11 is 0. The topological polar surface area (TPSA) is 42.8 Å². The fraction of sp³-hybridized carbons (Fsp3) is 0.591. The van der Waals surface area contributed by atoms with Gasteiger partial charge in [0.15, 0.2) is 0 Å². The van der Waals surface area contributed by atoms with Gasteiger partial charge in [0.25, 0.3) is 0 Å². The molecule has 0 amide bonds. The molecule has 1 unspecified atom stereocenters. The van der Waals surface area contributed by atoms with Gasteiger partial charge in [-0.25, -0.2) is 4.98 Å². The lowest BCUT2D eigenvalue weighted by Crippen LogP contribution is -2.47. The summed E-state index contributed by atoms with van der Waals surface area (Å²) in [6.07, 6.45) is 2.60. The first kappa shape index (κ1) is 18.7. The third-order valence-electron chi connectivity index (χ3n) is 6.18. The van der Waals surface area contributed by atoms with Crippen molar-refractivity contribution in [3.8, 4) is 0 Å². The van der Waals surface area contributed by atoms with Crippen molar-refractivity contribution in [3.63, 3.8) is 0 Å². The number of aliphatic hydroxyl groups is 1. The lowest BCUT2D eigenvalue weighted by molar-refractivity contribution is 0.188. The third-order valence-corrected chi connectivity index (χ3v) is 6.18. The van der Waals surface area contributed by atoms with Gasteiger partial charge in [0.2, 0.25) is 0 Å². The molecular formula is C22H32N4O. The highest BCUT2D eigenvalue weighted by Gasteiger charge is 2.25. The summed E-state index contributed by atoms with van der Waals surface area (Å²) in [5.74, 6) is 1.16. The Kier molecular flexibility index (Phi) is 5.62. The quantitative estimate of drug-likeness (QED) is 0.879. The molecule has 146 valence electrons. The van der Waals surface area contributed by atoms with Crippen molar-refractivity contribution < 1.29 is 5.11 Å². The third kappa shape index (κ3) is 4.10. The Morgan fingerprint density at radius 1 is 1.11 bits per heavy atom. The van der Waals surface area contributed by atoms with E-state index in [4.69, 9.17) is 4.98 Å². The normalized spacial score (nSPS) is 22.0. The molecular weight excluding hydrogens is 336 g/mol. The van der Waals surface area contributed by atoms with Crippen LogP contribution in [0.4, 0.5) is 5.82 Å². The summed E-state index contributed by atoms with van der Waals surface area (Å²) in [5.41, 5.74) is 3.71. The second-order valence-electron chi connectivity index (χ2n) is 8.18. The predicted molar refractivity (Wildman–Crippen MR) is 111 cm³/mol. The van der Waals surface area contributed by atoms with Crippen LogP contribution in [0.2, 0.25) is 0 Å². The van der Waals surface area contributed by atoms with Gasteiger partial charge in [-0.05, 0) is 50.9 Å². The summed E-state index contributed by atoms with van der Waals surface area (Å²) in [7, 11) is 0. The molecule has 1 aromatic carbocycles. The molecule has 27 heavy (non-hydrogen) atoms. The number of aryl methyl sites for hydroxylation is 1. The molecule has 3 heterocycles. The Hall–Kier alpha value is -1.69. The average molecular weight is 369 g/mol. The van der Waals surface area contributed by atoms with E-state index < -0.39 is 0 Å². The number of nitrogens with zero attached hydrogens (tertiary/aromatic N) is 4. The van der Waals surface area contributed by atoms with Crippen molar-refractivity contribution in [2.24, 2.45) is 0 Å². The lowest BCUT2D eigenvalue weighted by atomic mass is 10.1. The molecule has 0 aliphatic carbocycles. The van der Waals surface area contributed by atoms with Crippen LogP contribution in [0.1, 0.15) is 30.9 Å². The number of benzene rings is 1. The van der Waals surface area contributed by atoms with Crippen LogP contribution in [0.15, 0.2) is 24.3 Å². The minimum Gasteiger partial charge on any atom is -0.395 e. The number of anilines is 1. The van der Waals surface area contributed by atoms with Gasteiger partial charge in [-0.3, -0.25) is 9.80 Å². The van der Waals surface area contributed by atoms with E-state index in [0.29, 0.717) is 6.04 Å². The Morgan fingerprint density at radius 2 is 1.93 bits per heavy atom. The van der Waals surface area contributed by atoms with Crippen molar-refractivity contribution in [1.29, 1.82) is 0 Å². The van der Waals surface area contributed by atoms with Crippen LogP contribution < -0.4 is 4.90 Å². The summed E-state index contributed by atoms with van der Waals surface area (Å²) in [6, 6.07) is 9.61. The van der Waals surface area contributed by atoms with E-state index >= 15 is 0 Å². The fourth-order valence-electron chi connectivity index (χ4n) is 4.47. The average Bonchev–Trinajstić information content (AvgIpc) is 3.07. The molecule has 0 saturated carbocycles. The van der Waals surface area contributed by atoms with E-state index in [-0.39, 0.29) is 6.61 Å². The number of aliphatic hydroxyl groups excluding tert-OH is 1. The molecule has 4 rings (SSSR count). The maximum absolute atomic E-state index is 9.20. The van der Waals surface area contributed by atoms with Crippen LogP contribution in [-0.2, 0) is 6.54 Å². The van der Waals surface area contributed by atoms with Gasteiger partial charge < -0.3 is 10.0 Å². The zero-order chi connectivity index (χ0) is 18.8. The fourth-order valence-corrected chi connectivity index (χ4v) is 4.47. The monoisotopic (exact) mass is 368 g/mol. The molecule has 0 radical (unpaired) electrons. The Labute approximate surface area is 162 Å². The van der Waals surface area contributed by atoms with Gasteiger partial charge in [0.1, 0.15) is 5.82 Å². The van der Waals surface area contributed by atoms with Crippen LogP contribution in [0.5, 0.6) is 0 Å². The molecule has 0 bridgehead atoms. The second kappa shape index (κ2) is 8.13. The molecule has 5 heteroatoms. The zero-order valence-corrected chi connectivity index (χ0v) is 16.7. The van der Waals surface area contributed by atoms with Crippen LogP contribution >= 0.6 is 0 Å². The lowest BCUT2D eigenvalue weighted by Gasteiger charge is -2.36. The van der Waals surface area contributed by atoms with Crippen LogP contribution in [-0.4, -0.2) is 71.8 Å². The van der Waals surface area contributed by atoms with Crippen molar-refractivity contribution in [3.05, 3.63) is 35.4 Å². The first-order chi connectivity index (χ1) is 13.1. The minimum atomic E-state index is 0.242. The molecule has 2 aromatic rings. The van der Waals surface area contributed by atoms with Crippen LogP contribution in [0.3, 0.4) is 0 Å². The van der Waals surface area contributed by atoms with Gasteiger partial charge in [-0.1, -0.05) is 12.1 Å². The van der Waals surface area contributed by atoms with E-state index in [1.807, 2.05) is 0 Å². The number of hydrogen-bond donors (Lipinski definition) is 1. The van der Waals surface area contributed by atoms with Gasteiger partial charge >= 0.3 is 0 Å². The maximum atomic E-state index is 9.20. The highest BCUT2D eigenvalue weighted by Crippen LogP contribution is 2.29. The maximum Gasteiger partial charge on any atom is 0.133 e. The van der Waals surface area contributed by atoms with Crippen LogP contribution in [0, 0.1) is 6.92 Å². The molecule has 1 atom stereocenters. The molecule has 0 spiro atoms. The van der Waals surface area contributed by atoms with Crippen molar-refractivity contribution in [2.45, 2.75) is 39.3 Å². The number of likely N-dealkylation sites (tertiary alicyclic amines) is 1. The Balaban J connectivity index is 1.64. The number of hydrogen-bond acceptors (Lipinski definition) is 5. The van der Waals surface area contributed by atoms with E-state index in [2.05, 4.69) is 52.8 Å². The summed E-state index contributed by atoms with van der Waals surface area (Å²) in [6.45, 7) is 11.6. The molecule has 2 aliphatic rings. The minimum absolute atomic E-state index is 0.242. The SMILES string of the molecule is Cc1ccc2cc(CN3CCCC3C)c(N3CCN(CCO)CC3)nc2c1. The molecule has 5 nitrogen and oxygen atoms in total. The number of aromatic nitrogens is 1. The van der Waals surface area contributed by atoms with Gasteiger partial charge in [0.05, 0.1) is 12.1 Å². The number of β-amino-alcohol motifs (C(OH)–C–C–N with tert-alkyl or cyclic N) is 1. The standard InChI is InChI=1S/C22H32N4O/c1-17-5-6-19-15-20(16-26-7-3-4-18(26)2)22(23-21(19)14-17)25-10-8-24(9-11-25)12-13-27/h5-6,14-15,18,27H,3-4,7-13,16H2,1-2H3. The molecule has 2 saturated heterocycles. The Bertz CT molecular complexity index is 785. The second-order valence-corrected chi connectivity index (χ2v) is 8.18. The highest BCUT2D eigenvalue weighted by molar-refractivity contribution is 5.82. The highest BCUT2D eigenvalue weighted by atomic mass is 16.3. The predicted octanol–water partition coefficient (Wildman–Crippen LogP) is 2.64. The van der Waals surface area contributed by atoms with E-state index in [1.165, 1.54) is 35.9 Å². The first-order valence-corrected chi connectivity index (χ1v) is 10.4. The molecule has 2 fully saturated rings. The number of piperazine rings is 1. The largest absolute Gasteiger partial charge is 0.395 e. The summed E-state index contributed by atoms with van der Waals surface area (Å²) < 4.78 is 0. The number of fused-ring (bicyclic) bond motifs is 1. The smallest absolute Gasteiger partial charge is 0.133 e. The van der Waals surface area contributed by atoms with Gasteiger partial charge in [0, 0.05) is 56.3 Å². The van der Waals surface area contributed by atoms with E-state index in [1.54, 1.807) is 0 Å². The van der Waals surface area contributed by atoms with E-state index in [0.717, 1.165) is 50.6 Å². The van der Waals surface area contributed by atoms with Gasteiger partial charge in [-0.15, -0.1) is 0 Å². The number of pyridine rings is 1. The molecule has 1 aromatic heterocycles. The van der Waals surface area contributed by atoms with E-state index in [9.17, 15) is 5.11 Å². The summed E-state index contributed by atoms with van der Waals surface area (Å²) in [4.78, 5) is 12.5. The summed E-state index contributed by atoms with van der Waals surface area (Å²) in [5, 5.41) is 10.4. The molecule has 2 aliphatic heterocycles. The van der Waals surface area contributed by atoms with Crippen molar-refractivity contribution >= 4 is 16.7 Å².